The number of benzene rings is 3. The molecule has 3 saturated carbocycles. The van der Waals surface area contributed by atoms with Gasteiger partial charge in [-0.05, 0) is 63.5 Å². The molecule has 0 bridgehead atoms. The first-order valence-electron chi connectivity index (χ1n) is 23.5. The summed E-state index contributed by atoms with van der Waals surface area (Å²) in [6.45, 7) is 0.00209. The van der Waals surface area contributed by atoms with Crippen LogP contribution in [-0.2, 0) is 14.4 Å². The SMILES string of the molecule is NC(CNc1ccc([N+](=O)[O-])c2c1=NC1(CCCCC1)N=2)C(=O)O.NC(CSc1ccc([N+](=O)[O-])c2c1=NC1(CCCCC1)N=2)C(=O)O.NC(C[Se]c1ccc([N+](=O)[O-])c2c1=NC1(CCCCC1)N=2)C(=O)O. The van der Waals surface area contributed by atoms with Gasteiger partial charge in [0.25, 0.3) is 11.4 Å². The van der Waals surface area contributed by atoms with Crippen LogP contribution in [0.15, 0.2) is 71.2 Å². The van der Waals surface area contributed by atoms with E-state index in [9.17, 15) is 44.7 Å². The molecule has 3 aliphatic carbocycles. The van der Waals surface area contributed by atoms with Gasteiger partial charge in [-0.2, -0.15) is 0 Å². The maximum absolute atomic E-state index is 11.3. The van der Waals surface area contributed by atoms with Crippen LogP contribution in [0.5, 0.6) is 0 Å². The molecule has 3 unspecified atom stereocenters. The van der Waals surface area contributed by atoms with Crippen molar-refractivity contribution < 1.29 is 44.5 Å². The number of hydrogen-bond donors (Lipinski definition) is 7. The predicted octanol–water partition coefficient (Wildman–Crippen LogP) is 1.01. The minimum atomic E-state index is -1.12. The van der Waals surface area contributed by atoms with Gasteiger partial charge in [0.05, 0.1) is 15.5 Å². The summed E-state index contributed by atoms with van der Waals surface area (Å²) in [4.78, 5) is 93.9. The van der Waals surface area contributed by atoms with Crippen molar-refractivity contribution in [2.24, 2.45) is 47.2 Å². The van der Waals surface area contributed by atoms with E-state index in [1.54, 1.807) is 12.1 Å². The first kappa shape index (κ1) is 53.4. The molecule has 9 rings (SSSR count). The number of carboxylic acid groups (broad SMARTS) is 3. The van der Waals surface area contributed by atoms with Crippen LogP contribution >= 0.6 is 11.8 Å². The van der Waals surface area contributed by atoms with E-state index in [-0.39, 0.29) is 49.7 Å². The number of non-ortho nitro benzene ring substituents is 3. The molecule has 0 aromatic heterocycles. The van der Waals surface area contributed by atoms with E-state index in [1.165, 1.54) is 36.0 Å². The van der Waals surface area contributed by atoms with Gasteiger partial charge in [-0.3, -0.25) is 39.8 Å². The summed E-state index contributed by atoms with van der Waals surface area (Å²) in [7, 11) is 0. The monoisotopic (exact) mass is 1080 g/mol. The Hall–Kier alpha value is -6.38. The van der Waals surface area contributed by atoms with Crippen LogP contribution in [0.25, 0.3) is 0 Å². The van der Waals surface area contributed by atoms with Gasteiger partial charge in [0.2, 0.25) is 0 Å². The standard InChI is InChI=1S/C15H19N5O4.C15H18N4O4S.C15H18N4O4Se/c16-9(14(21)22)8-17-10-4-5-11(20(23)24)13-12(10)18-15(19-13)6-2-1-3-7-15;2*16-9(14(20)21)8-24-11-5-4-10(19(22)23)12-13(11)18-15(17-12)6-2-1-3-7-15/h4-5,9,17H,1-3,6-8,16H2,(H,21,22);2*4-5,9H,1-3,6-8,16H2,(H,20,21). The van der Waals surface area contributed by atoms with Crippen molar-refractivity contribution in [3.05, 3.63) is 98.9 Å². The first-order valence-corrected chi connectivity index (χ1v) is 26.6. The summed E-state index contributed by atoms with van der Waals surface area (Å²) in [5.74, 6) is -3.07. The summed E-state index contributed by atoms with van der Waals surface area (Å²) in [6.07, 6.45) is 14.1. The Balaban J connectivity index is 0.000000158. The molecule has 25 nitrogen and oxygen atoms in total. The van der Waals surface area contributed by atoms with Gasteiger partial charge >= 0.3 is 156 Å². The van der Waals surface area contributed by atoms with Crippen molar-refractivity contribution in [3.8, 4) is 0 Å². The number of aliphatic carboxylic acids is 3. The molecule has 27 heteroatoms. The van der Waals surface area contributed by atoms with Gasteiger partial charge in [-0.1, -0.05) is 12.8 Å². The molecule has 3 aromatic rings. The van der Waals surface area contributed by atoms with Crippen molar-refractivity contribution >= 4 is 71.8 Å². The number of anilines is 1. The van der Waals surface area contributed by atoms with Crippen molar-refractivity contribution in [2.75, 3.05) is 17.6 Å². The molecule has 3 aliphatic heterocycles. The summed E-state index contributed by atoms with van der Waals surface area (Å²) in [6, 6.07) is 6.04. The number of carboxylic acids is 3. The molecule has 3 heterocycles. The molecule has 0 radical (unpaired) electrons. The number of nitrogens with zero attached hydrogens (tertiary/aromatic N) is 9. The molecule has 3 atom stereocenters. The van der Waals surface area contributed by atoms with Crippen molar-refractivity contribution in [1.82, 2.24) is 0 Å². The normalized spacial score (nSPS) is 19.2. The van der Waals surface area contributed by atoms with E-state index in [4.69, 9.17) is 42.5 Å². The van der Waals surface area contributed by atoms with Gasteiger partial charge in [0.1, 0.15) is 22.8 Å². The summed E-state index contributed by atoms with van der Waals surface area (Å²) in [5.41, 5.74) is 15.2. The van der Waals surface area contributed by atoms with Crippen LogP contribution < -0.4 is 59.1 Å². The van der Waals surface area contributed by atoms with E-state index in [2.05, 4.69) is 25.3 Å². The second-order valence-corrected chi connectivity index (χ2v) is 21.6. The molecule has 6 aliphatic rings. The Bertz CT molecular complexity index is 2740. The van der Waals surface area contributed by atoms with Crippen LogP contribution in [0.2, 0.25) is 5.32 Å². The van der Waals surface area contributed by atoms with Gasteiger partial charge in [-0.25, -0.2) is 9.98 Å². The summed E-state index contributed by atoms with van der Waals surface area (Å²) < 4.78 is 0.839. The molecule has 3 aromatic carbocycles. The zero-order chi connectivity index (χ0) is 52.0. The third-order valence-corrected chi connectivity index (χ3v) is 16.7. The molecular formula is C45H55N13O12SSe. The van der Waals surface area contributed by atoms with Gasteiger partial charge in [-0.15, -0.1) is 11.8 Å². The molecular weight excluding hydrogens is 1030 g/mol. The number of carbonyl (C=O) groups is 3. The molecule has 384 valence electrons. The van der Waals surface area contributed by atoms with Crippen molar-refractivity contribution in [2.45, 2.75) is 142 Å². The average molecular weight is 1080 g/mol. The van der Waals surface area contributed by atoms with Gasteiger partial charge in [0, 0.05) is 29.3 Å². The minimum absolute atomic E-state index is 0.00209. The van der Waals surface area contributed by atoms with E-state index < -0.39 is 67.8 Å². The Morgan fingerprint density at radius 3 is 1.40 bits per heavy atom. The predicted molar refractivity (Wildman–Crippen MR) is 260 cm³/mol. The molecule has 3 spiro atoms. The van der Waals surface area contributed by atoms with Crippen molar-refractivity contribution in [1.29, 1.82) is 0 Å². The Morgan fingerprint density at radius 2 is 0.944 bits per heavy atom. The number of fused-ring (bicyclic) bond motifs is 3. The number of rotatable bonds is 15. The molecule has 72 heavy (non-hydrogen) atoms. The number of hydrogen-bond acceptors (Lipinski definition) is 20. The van der Waals surface area contributed by atoms with Crippen LogP contribution in [0.4, 0.5) is 22.7 Å². The van der Waals surface area contributed by atoms with Gasteiger partial charge < -0.3 is 27.0 Å². The van der Waals surface area contributed by atoms with Gasteiger partial charge in [0.15, 0.2) is 22.0 Å². The van der Waals surface area contributed by atoms with Crippen molar-refractivity contribution in [3.63, 3.8) is 0 Å². The topological polar surface area (TPSA) is 406 Å². The summed E-state index contributed by atoms with van der Waals surface area (Å²) >= 11 is 1.02. The number of thioether (sulfide) groups is 1. The number of nitrogens with one attached hydrogen (secondary N) is 1. The molecule has 0 amide bonds. The fourth-order valence-electron chi connectivity index (χ4n) is 9.30. The average Bonchev–Trinajstić information content (AvgIpc) is 4.03. The number of nitro groups is 3. The summed E-state index contributed by atoms with van der Waals surface area (Å²) in [5, 5.41) is 66.3. The van der Waals surface area contributed by atoms with E-state index in [0.29, 0.717) is 42.7 Å². The van der Waals surface area contributed by atoms with Crippen LogP contribution in [-0.4, -0.2) is 110 Å². The third kappa shape index (κ3) is 12.1. The second kappa shape index (κ2) is 22.6. The zero-order valence-electron chi connectivity index (χ0n) is 39.0. The maximum atomic E-state index is 11.3. The van der Waals surface area contributed by atoms with E-state index in [0.717, 1.165) is 101 Å². The van der Waals surface area contributed by atoms with Crippen LogP contribution in [0.3, 0.4) is 0 Å². The Kier molecular flexibility index (Phi) is 16.8. The fraction of sp³-hybridized carbons (Fsp3) is 0.533. The molecule has 0 saturated heterocycles. The van der Waals surface area contributed by atoms with E-state index in [1.807, 2.05) is 0 Å². The molecule has 10 N–H and O–H groups in total. The molecule has 3 fully saturated rings. The number of nitrogens with two attached hydrogens (primary N) is 3. The van der Waals surface area contributed by atoms with Crippen LogP contribution in [0.1, 0.15) is 96.3 Å². The number of nitro benzene ring substituents is 3. The van der Waals surface area contributed by atoms with Crippen LogP contribution in [0, 0.1) is 30.3 Å². The second-order valence-electron chi connectivity index (χ2n) is 18.3. The third-order valence-electron chi connectivity index (χ3n) is 13.1. The zero-order valence-corrected chi connectivity index (χ0v) is 41.5. The first-order chi connectivity index (χ1) is 34.3. The Morgan fingerprint density at radius 1 is 0.556 bits per heavy atom. The van der Waals surface area contributed by atoms with E-state index >= 15 is 0 Å². The Labute approximate surface area is 420 Å². The quantitative estimate of drug-likeness (QED) is 0.0483. The fourth-order valence-corrected chi connectivity index (χ4v) is 12.2.